The van der Waals surface area contributed by atoms with Crippen molar-refractivity contribution in [1.29, 1.82) is 0 Å². The molecule has 2 heterocycles. The van der Waals surface area contributed by atoms with Crippen molar-refractivity contribution in [2.45, 2.75) is 19.9 Å². The van der Waals surface area contributed by atoms with E-state index in [2.05, 4.69) is 4.98 Å². The highest BCUT2D eigenvalue weighted by atomic mass is 19.3. The molecule has 2 aromatic heterocycles. The van der Waals surface area contributed by atoms with Gasteiger partial charge >= 0.3 is 5.97 Å². The zero-order valence-electron chi connectivity index (χ0n) is 9.02. The topological polar surface area (TPSA) is 55.1 Å². The number of halogens is 2. The van der Waals surface area contributed by atoms with Gasteiger partial charge in [-0.25, -0.2) is 18.6 Å². The summed E-state index contributed by atoms with van der Waals surface area (Å²) in [5.41, 5.74) is 0.614. The number of carboxylic acid groups (broad SMARTS) is 1. The summed E-state index contributed by atoms with van der Waals surface area (Å²) < 4.78 is 26.1. The highest BCUT2D eigenvalue weighted by molar-refractivity contribution is 6.03. The monoisotopic (exact) mass is 240 g/mol. The minimum atomic E-state index is -2.55. The van der Waals surface area contributed by atoms with E-state index in [1.165, 1.54) is 17.7 Å². The zero-order valence-corrected chi connectivity index (χ0v) is 9.02. The van der Waals surface area contributed by atoms with Crippen molar-refractivity contribution >= 4 is 17.0 Å². The van der Waals surface area contributed by atoms with E-state index in [9.17, 15) is 13.6 Å². The lowest BCUT2D eigenvalue weighted by Crippen LogP contribution is -2.09. The third-order valence-corrected chi connectivity index (χ3v) is 2.61. The van der Waals surface area contributed by atoms with E-state index in [0.717, 1.165) is 0 Å². The van der Waals surface area contributed by atoms with E-state index >= 15 is 0 Å². The summed E-state index contributed by atoms with van der Waals surface area (Å²) in [6, 6.07) is 3.15. The Labute approximate surface area is 95.5 Å². The van der Waals surface area contributed by atoms with Crippen molar-refractivity contribution in [3.63, 3.8) is 0 Å². The Morgan fingerprint density at radius 2 is 2.29 bits per heavy atom. The van der Waals surface area contributed by atoms with Gasteiger partial charge in [-0.3, -0.25) is 0 Å². The fraction of sp³-hybridized carbons (Fsp3) is 0.273. The van der Waals surface area contributed by atoms with Gasteiger partial charge in [-0.2, -0.15) is 0 Å². The standard InChI is InChI=1S/C11H10F2N2O2/c1-6-9(11(16)17)7-3-2-4-14-10(7)15(6)5-8(12)13/h2-4,8H,5H2,1H3,(H,16,17). The molecule has 1 N–H and O–H groups in total. The normalized spacial score (nSPS) is 11.3. The Hall–Kier alpha value is -1.98. The van der Waals surface area contributed by atoms with Gasteiger partial charge in [0.1, 0.15) is 5.65 Å². The minimum Gasteiger partial charge on any atom is -0.478 e. The number of hydrogen-bond donors (Lipinski definition) is 1. The van der Waals surface area contributed by atoms with Gasteiger partial charge < -0.3 is 9.67 Å². The van der Waals surface area contributed by atoms with E-state index in [4.69, 9.17) is 5.11 Å². The third kappa shape index (κ3) is 1.86. The van der Waals surface area contributed by atoms with Gasteiger partial charge in [-0.05, 0) is 19.1 Å². The summed E-state index contributed by atoms with van der Waals surface area (Å²) in [6.45, 7) is 0.958. The van der Waals surface area contributed by atoms with Crippen molar-refractivity contribution < 1.29 is 18.7 Å². The van der Waals surface area contributed by atoms with Crippen LogP contribution in [0.25, 0.3) is 11.0 Å². The number of carbonyl (C=O) groups is 1. The van der Waals surface area contributed by atoms with Crippen LogP contribution in [0.1, 0.15) is 16.1 Å². The Kier molecular flexibility index (Phi) is 2.79. The van der Waals surface area contributed by atoms with Gasteiger partial charge in [0.2, 0.25) is 0 Å². The zero-order chi connectivity index (χ0) is 12.6. The van der Waals surface area contributed by atoms with Crippen LogP contribution in [0.5, 0.6) is 0 Å². The molecule has 0 fully saturated rings. The Morgan fingerprint density at radius 3 is 2.88 bits per heavy atom. The molecule has 0 aliphatic rings. The highest BCUT2D eigenvalue weighted by Crippen LogP contribution is 2.24. The maximum Gasteiger partial charge on any atom is 0.338 e. The van der Waals surface area contributed by atoms with Crippen LogP contribution in [0.4, 0.5) is 8.78 Å². The number of hydrogen-bond acceptors (Lipinski definition) is 2. The summed E-state index contributed by atoms with van der Waals surface area (Å²) in [7, 11) is 0. The number of rotatable bonds is 3. The van der Waals surface area contributed by atoms with E-state index in [1.54, 1.807) is 12.1 Å². The Balaban J connectivity index is 2.75. The van der Waals surface area contributed by atoms with Crippen LogP contribution in [0, 0.1) is 6.92 Å². The molecule has 6 heteroatoms. The van der Waals surface area contributed by atoms with Crippen LogP contribution < -0.4 is 0 Å². The van der Waals surface area contributed by atoms with Gasteiger partial charge in [0.05, 0.1) is 12.1 Å². The lowest BCUT2D eigenvalue weighted by atomic mass is 10.2. The van der Waals surface area contributed by atoms with E-state index < -0.39 is 18.9 Å². The number of alkyl halides is 2. The fourth-order valence-electron chi connectivity index (χ4n) is 1.93. The van der Waals surface area contributed by atoms with E-state index in [1.807, 2.05) is 0 Å². The molecule has 0 saturated carbocycles. The second kappa shape index (κ2) is 4.12. The fourth-order valence-corrected chi connectivity index (χ4v) is 1.93. The molecule has 4 nitrogen and oxygen atoms in total. The largest absolute Gasteiger partial charge is 0.478 e. The first kappa shape index (κ1) is 11.5. The SMILES string of the molecule is Cc1c(C(=O)O)c2cccnc2n1CC(F)F. The van der Waals surface area contributed by atoms with Crippen molar-refractivity contribution in [2.75, 3.05) is 0 Å². The number of aromatic nitrogens is 2. The van der Waals surface area contributed by atoms with Gasteiger partial charge in [-0.15, -0.1) is 0 Å². The molecule has 0 aromatic carbocycles. The van der Waals surface area contributed by atoms with E-state index in [-0.39, 0.29) is 11.2 Å². The first-order chi connectivity index (χ1) is 8.02. The first-order valence-corrected chi connectivity index (χ1v) is 4.97. The van der Waals surface area contributed by atoms with Crippen LogP contribution in [-0.2, 0) is 6.54 Å². The number of pyridine rings is 1. The van der Waals surface area contributed by atoms with Crippen LogP contribution in [0.2, 0.25) is 0 Å². The van der Waals surface area contributed by atoms with E-state index in [0.29, 0.717) is 11.1 Å². The average molecular weight is 240 g/mol. The van der Waals surface area contributed by atoms with Crippen LogP contribution in [-0.4, -0.2) is 27.1 Å². The Bertz CT molecular complexity index is 578. The van der Waals surface area contributed by atoms with Crippen LogP contribution in [0.3, 0.4) is 0 Å². The third-order valence-electron chi connectivity index (χ3n) is 2.61. The summed E-state index contributed by atoms with van der Waals surface area (Å²) in [5, 5.41) is 9.47. The molecule has 0 aliphatic heterocycles. The molecule has 0 spiro atoms. The summed E-state index contributed by atoms with van der Waals surface area (Å²) in [4.78, 5) is 15.1. The second-order valence-electron chi connectivity index (χ2n) is 3.64. The Morgan fingerprint density at radius 1 is 1.59 bits per heavy atom. The van der Waals surface area contributed by atoms with Gasteiger partial charge in [0, 0.05) is 17.3 Å². The van der Waals surface area contributed by atoms with Crippen LogP contribution in [0.15, 0.2) is 18.3 Å². The smallest absolute Gasteiger partial charge is 0.338 e. The highest BCUT2D eigenvalue weighted by Gasteiger charge is 2.21. The molecule has 90 valence electrons. The molecule has 0 radical (unpaired) electrons. The number of carboxylic acids is 1. The predicted molar refractivity (Wildman–Crippen MR) is 57.4 cm³/mol. The van der Waals surface area contributed by atoms with Gasteiger partial charge in [-0.1, -0.05) is 0 Å². The number of aromatic carboxylic acids is 1. The lowest BCUT2D eigenvalue weighted by molar-refractivity contribution is 0.0696. The molecule has 2 aromatic rings. The van der Waals surface area contributed by atoms with Crippen molar-refractivity contribution in [3.8, 4) is 0 Å². The second-order valence-corrected chi connectivity index (χ2v) is 3.64. The van der Waals surface area contributed by atoms with Crippen molar-refractivity contribution in [3.05, 3.63) is 29.6 Å². The van der Waals surface area contributed by atoms with Gasteiger partial charge in [0.25, 0.3) is 6.43 Å². The average Bonchev–Trinajstić information content (AvgIpc) is 2.52. The molecule has 2 rings (SSSR count). The number of fused-ring (bicyclic) bond motifs is 1. The van der Waals surface area contributed by atoms with Crippen molar-refractivity contribution in [2.24, 2.45) is 0 Å². The lowest BCUT2D eigenvalue weighted by Gasteiger charge is -2.06. The van der Waals surface area contributed by atoms with Crippen LogP contribution >= 0.6 is 0 Å². The minimum absolute atomic E-state index is 0.0359. The summed E-state index contributed by atoms with van der Waals surface area (Å²) in [5.74, 6) is -1.13. The molecule has 0 amide bonds. The van der Waals surface area contributed by atoms with Crippen molar-refractivity contribution in [1.82, 2.24) is 9.55 Å². The number of nitrogens with zero attached hydrogens (tertiary/aromatic N) is 2. The molecule has 17 heavy (non-hydrogen) atoms. The quantitative estimate of drug-likeness (QED) is 0.895. The molecule has 0 bridgehead atoms. The molecule has 0 saturated heterocycles. The summed E-state index contributed by atoms with van der Waals surface area (Å²) >= 11 is 0. The summed E-state index contributed by atoms with van der Waals surface area (Å²) in [6.07, 6.45) is -1.09. The predicted octanol–water partition coefficient (Wildman–Crippen LogP) is 2.31. The first-order valence-electron chi connectivity index (χ1n) is 4.97. The van der Waals surface area contributed by atoms with Gasteiger partial charge in [0.15, 0.2) is 0 Å². The molecule has 0 aliphatic carbocycles. The molecule has 0 atom stereocenters. The molecular formula is C11H10F2N2O2. The molecular weight excluding hydrogens is 230 g/mol. The molecule has 0 unspecified atom stereocenters. The maximum atomic E-state index is 12.4. The maximum absolute atomic E-state index is 12.4.